The van der Waals surface area contributed by atoms with Gasteiger partial charge in [0.05, 0.1) is 25.3 Å². The lowest BCUT2D eigenvalue weighted by Crippen LogP contribution is -2.51. The van der Waals surface area contributed by atoms with Gasteiger partial charge >= 0.3 is 0 Å². The second-order valence-electron chi connectivity index (χ2n) is 4.52. The zero-order valence-electron chi connectivity index (χ0n) is 10.3. The van der Waals surface area contributed by atoms with Crippen molar-refractivity contribution >= 4 is 5.91 Å². The van der Waals surface area contributed by atoms with Crippen LogP contribution in [0, 0.1) is 23.2 Å². The number of carbonyl (C=O) groups excluding carboxylic acids is 1. The molecular formula is C12H20N2O2. The molecule has 1 saturated heterocycles. The van der Waals surface area contributed by atoms with Crippen LogP contribution in [0.15, 0.2) is 0 Å². The minimum atomic E-state index is -0.521. The van der Waals surface area contributed by atoms with Crippen molar-refractivity contribution in [3.8, 4) is 6.07 Å². The van der Waals surface area contributed by atoms with Gasteiger partial charge < -0.3 is 9.64 Å². The van der Waals surface area contributed by atoms with E-state index in [0.717, 1.165) is 6.42 Å². The fraction of sp³-hybridized carbons (Fsp3) is 0.833. The van der Waals surface area contributed by atoms with Crippen LogP contribution in [0.4, 0.5) is 0 Å². The number of nitrogens with zero attached hydrogens (tertiary/aromatic N) is 2. The van der Waals surface area contributed by atoms with E-state index in [-0.39, 0.29) is 17.9 Å². The van der Waals surface area contributed by atoms with Crippen LogP contribution in [0.2, 0.25) is 0 Å². The second-order valence-corrected chi connectivity index (χ2v) is 4.52. The predicted octanol–water partition coefficient (Wildman–Crippen LogP) is 1.42. The molecule has 0 aromatic rings. The zero-order chi connectivity index (χ0) is 12.1. The van der Waals surface area contributed by atoms with E-state index < -0.39 is 5.92 Å². The van der Waals surface area contributed by atoms with Gasteiger partial charge in [-0.25, -0.2) is 0 Å². The van der Waals surface area contributed by atoms with Gasteiger partial charge in [0, 0.05) is 6.54 Å². The van der Waals surface area contributed by atoms with E-state index in [1.165, 1.54) is 0 Å². The molecule has 4 nitrogen and oxygen atoms in total. The van der Waals surface area contributed by atoms with Gasteiger partial charge in [0.1, 0.15) is 5.92 Å². The molecule has 0 aromatic carbocycles. The minimum Gasteiger partial charge on any atom is -0.377 e. The van der Waals surface area contributed by atoms with Gasteiger partial charge in [-0.2, -0.15) is 5.26 Å². The maximum Gasteiger partial charge on any atom is 0.240 e. The summed E-state index contributed by atoms with van der Waals surface area (Å²) < 4.78 is 5.35. The molecule has 0 saturated carbocycles. The Morgan fingerprint density at radius 1 is 1.62 bits per heavy atom. The summed E-state index contributed by atoms with van der Waals surface area (Å²) in [6.07, 6.45) is 0.877. The van der Waals surface area contributed by atoms with Crippen LogP contribution in [-0.4, -0.2) is 36.6 Å². The highest BCUT2D eigenvalue weighted by Crippen LogP contribution is 2.18. The quantitative estimate of drug-likeness (QED) is 0.728. The molecule has 4 heteroatoms. The standard InChI is InChI=1S/C12H20N2O2/c1-4-10-8-16-6-5-14(10)12(15)11(7-13)9(2)3/h9-11H,4-6,8H2,1-3H3. The fourth-order valence-electron chi connectivity index (χ4n) is 1.95. The summed E-state index contributed by atoms with van der Waals surface area (Å²) in [7, 11) is 0. The van der Waals surface area contributed by atoms with Gasteiger partial charge in [-0.3, -0.25) is 4.79 Å². The van der Waals surface area contributed by atoms with Crippen molar-refractivity contribution in [3.05, 3.63) is 0 Å². The lowest BCUT2D eigenvalue weighted by molar-refractivity contribution is -0.143. The minimum absolute atomic E-state index is 0.0346. The van der Waals surface area contributed by atoms with Gasteiger partial charge in [-0.05, 0) is 12.3 Å². The lowest BCUT2D eigenvalue weighted by atomic mass is 9.95. The largest absolute Gasteiger partial charge is 0.377 e. The van der Waals surface area contributed by atoms with Gasteiger partial charge in [0.2, 0.25) is 5.91 Å². The van der Waals surface area contributed by atoms with Gasteiger partial charge in [0.25, 0.3) is 0 Å². The molecule has 16 heavy (non-hydrogen) atoms. The van der Waals surface area contributed by atoms with E-state index in [1.807, 2.05) is 25.7 Å². The lowest BCUT2D eigenvalue weighted by Gasteiger charge is -2.36. The summed E-state index contributed by atoms with van der Waals surface area (Å²) in [4.78, 5) is 14.0. The number of hydrogen-bond donors (Lipinski definition) is 0. The highest BCUT2D eigenvalue weighted by molar-refractivity contribution is 5.81. The van der Waals surface area contributed by atoms with E-state index >= 15 is 0 Å². The molecule has 1 amide bonds. The number of amides is 1. The molecule has 0 radical (unpaired) electrons. The Bertz CT molecular complexity index is 283. The average Bonchev–Trinajstić information content (AvgIpc) is 2.29. The van der Waals surface area contributed by atoms with Crippen LogP contribution in [-0.2, 0) is 9.53 Å². The summed E-state index contributed by atoms with van der Waals surface area (Å²) >= 11 is 0. The maximum absolute atomic E-state index is 12.2. The average molecular weight is 224 g/mol. The molecule has 1 rings (SSSR count). The molecule has 0 bridgehead atoms. The molecular weight excluding hydrogens is 204 g/mol. The molecule has 0 spiro atoms. The van der Waals surface area contributed by atoms with Crippen molar-refractivity contribution in [1.29, 1.82) is 5.26 Å². The summed E-state index contributed by atoms with van der Waals surface area (Å²) in [5.74, 6) is -0.488. The van der Waals surface area contributed by atoms with E-state index in [2.05, 4.69) is 6.07 Å². The third kappa shape index (κ3) is 2.73. The van der Waals surface area contributed by atoms with E-state index in [4.69, 9.17) is 10.00 Å². The molecule has 2 unspecified atom stereocenters. The van der Waals surface area contributed by atoms with E-state index in [1.54, 1.807) is 0 Å². The SMILES string of the molecule is CCC1COCCN1C(=O)C(C#N)C(C)C. The van der Waals surface area contributed by atoms with Crippen molar-refractivity contribution in [2.45, 2.75) is 33.2 Å². The third-order valence-electron chi connectivity index (χ3n) is 3.05. The first-order valence-corrected chi connectivity index (χ1v) is 5.89. The topological polar surface area (TPSA) is 53.3 Å². The predicted molar refractivity (Wildman–Crippen MR) is 60.6 cm³/mol. The van der Waals surface area contributed by atoms with Gasteiger partial charge in [0.15, 0.2) is 0 Å². The molecule has 0 aromatic heterocycles. The van der Waals surface area contributed by atoms with Crippen molar-refractivity contribution < 1.29 is 9.53 Å². The highest BCUT2D eigenvalue weighted by atomic mass is 16.5. The Balaban J connectivity index is 2.74. The molecule has 90 valence electrons. The number of hydrogen-bond acceptors (Lipinski definition) is 3. The van der Waals surface area contributed by atoms with Crippen molar-refractivity contribution in [2.24, 2.45) is 11.8 Å². The number of morpholine rings is 1. The van der Waals surface area contributed by atoms with Crippen LogP contribution < -0.4 is 0 Å². The molecule has 0 aliphatic carbocycles. The first kappa shape index (κ1) is 13.0. The van der Waals surface area contributed by atoms with Crippen LogP contribution in [0.1, 0.15) is 27.2 Å². The molecule has 0 N–H and O–H groups in total. The Morgan fingerprint density at radius 3 is 2.81 bits per heavy atom. The molecule has 1 aliphatic rings. The Labute approximate surface area is 97.2 Å². The number of carbonyl (C=O) groups is 1. The highest BCUT2D eigenvalue weighted by Gasteiger charge is 2.32. The first-order valence-electron chi connectivity index (χ1n) is 5.89. The Kier molecular flexibility index (Phi) is 4.75. The van der Waals surface area contributed by atoms with E-state index in [9.17, 15) is 4.79 Å². The summed E-state index contributed by atoms with van der Waals surface area (Å²) in [6.45, 7) is 7.65. The van der Waals surface area contributed by atoms with Crippen LogP contribution in [0.25, 0.3) is 0 Å². The van der Waals surface area contributed by atoms with Gasteiger partial charge in [-0.15, -0.1) is 0 Å². The number of ether oxygens (including phenoxy) is 1. The summed E-state index contributed by atoms with van der Waals surface area (Å²) in [6, 6.07) is 2.25. The smallest absolute Gasteiger partial charge is 0.240 e. The second kappa shape index (κ2) is 5.86. The van der Waals surface area contributed by atoms with Gasteiger partial charge in [-0.1, -0.05) is 20.8 Å². The third-order valence-corrected chi connectivity index (χ3v) is 3.05. The normalized spacial score (nSPS) is 22.9. The van der Waals surface area contributed by atoms with Crippen LogP contribution >= 0.6 is 0 Å². The monoisotopic (exact) mass is 224 g/mol. The Hall–Kier alpha value is -1.08. The van der Waals surface area contributed by atoms with Crippen molar-refractivity contribution in [1.82, 2.24) is 4.90 Å². The summed E-state index contributed by atoms with van der Waals surface area (Å²) in [5, 5.41) is 9.03. The molecule has 2 atom stereocenters. The molecule has 1 aliphatic heterocycles. The summed E-state index contributed by atoms with van der Waals surface area (Å²) in [5.41, 5.74) is 0. The van der Waals surface area contributed by atoms with E-state index in [0.29, 0.717) is 19.8 Å². The molecule has 1 fully saturated rings. The van der Waals surface area contributed by atoms with Crippen LogP contribution in [0.5, 0.6) is 0 Å². The van der Waals surface area contributed by atoms with Crippen molar-refractivity contribution in [3.63, 3.8) is 0 Å². The maximum atomic E-state index is 12.2. The first-order chi connectivity index (χ1) is 7.61. The number of nitriles is 1. The van der Waals surface area contributed by atoms with Crippen molar-refractivity contribution in [2.75, 3.05) is 19.8 Å². The fourth-order valence-corrected chi connectivity index (χ4v) is 1.95. The Morgan fingerprint density at radius 2 is 2.31 bits per heavy atom. The zero-order valence-corrected chi connectivity index (χ0v) is 10.3. The van der Waals surface area contributed by atoms with Crippen LogP contribution in [0.3, 0.4) is 0 Å². The molecule has 1 heterocycles. The number of rotatable bonds is 3.